The maximum absolute atomic E-state index is 13.0. The summed E-state index contributed by atoms with van der Waals surface area (Å²) in [6.07, 6.45) is 1.76. The van der Waals surface area contributed by atoms with Crippen molar-refractivity contribution in [3.05, 3.63) is 70.5 Å². The number of rotatable bonds is 7. The van der Waals surface area contributed by atoms with Crippen molar-refractivity contribution >= 4 is 43.2 Å². The van der Waals surface area contributed by atoms with Crippen molar-refractivity contribution in [2.75, 3.05) is 16.6 Å². The van der Waals surface area contributed by atoms with Crippen molar-refractivity contribution in [2.45, 2.75) is 18.7 Å². The summed E-state index contributed by atoms with van der Waals surface area (Å²) in [5, 5.41) is 2.74. The average Bonchev–Trinajstić information content (AvgIpc) is 3.11. The Kier molecular flexibility index (Phi) is 6.52. The molecule has 2 aromatic carbocycles. The van der Waals surface area contributed by atoms with Gasteiger partial charge in [0.1, 0.15) is 11.4 Å². The molecule has 7 nitrogen and oxygen atoms in total. The highest BCUT2D eigenvalue weighted by Gasteiger charge is 2.19. The number of carbonyl (C=O) groups is 1. The molecule has 0 spiro atoms. The molecule has 158 valence electrons. The molecule has 0 unspecified atom stereocenters. The number of nitrogens with zero attached hydrogens (tertiary/aromatic N) is 1. The highest BCUT2D eigenvalue weighted by atomic mass is 79.9. The zero-order valence-corrected chi connectivity index (χ0v) is 19.2. The Labute approximate surface area is 184 Å². The second-order valence-electron chi connectivity index (χ2n) is 6.62. The molecule has 0 atom stereocenters. The third kappa shape index (κ3) is 4.85. The highest BCUT2D eigenvalue weighted by molar-refractivity contribution is 9.10. The summed E-state index contributed by atoms with van der Waals surface area (Å²) in [5.41, 5.74) is 1.81. The SMILES string of the molecule is CCOc1ccc(NS(=O)(=O)c2cc(NC(=O)c3cccn3C)ccc2C)cc1Br. The van der Waals surface area contributed by atoms with Crippen LogP contribution in [-0.2, 0) is 17.1 Å². The lowest BCUT2D eigenvalue weighted by molar-refractivity contribution is 0.101. The fourth-order valence-corrected chi connectivity index (χ4v) is 4.72. The molecule has 0 aliphatic carbocycles. The van der Waals surface area contributed by atoms with Crippen LogP contribution in [0, 0.1) is 6.92 Å². The van der Waals surface area contributed by atoms with E-state index in [9.17, 15) is 13.2 Å². The summed E-state index contributed by atoms with van der Waals surface area (Å²) in [6.45, 7) is 4.07. The molecule has 0 aliphatic heterocycles. The third-order valence-electron chi connectivity index (χ3n) is 4.40. The van der Waals surface area contributed by atoms with Crippen LogP contribution in [0.4, 0.5) is 11.4 Å². The monoisotopic (exact) mass is 491 g/mol. The van der Waals surface area contributed by atoms with Crippen molar-refractivity contribution in [1.29, 1.82) is 0 Å². The fraction of sp³-hybridized carbons (Fsp3) is 0.190. The number of halogens is 1. The van der Waals surface area contributed by atoms with Gasteiger partial charge in [-0.05, 0) is 77.8 Å². The number of benzene rings is 2. The van der Waals surface area contributed by atoms with E-state index in [-0.39, 0.29) is 10.8 Å². The number of anilines is 2. The van der Waals surface area contributed by atoms with Gasteiger partial charge in [0.15, 0.2) is 0 Å². The van der Waals surface area contributed by atoms with Crippen LogP contribution in [0.2, 0.25) is 0 Å². The first-order chi connectivity index (χ1) is 14.2. The first-order valence-corrected chi connectivity index (χ1v) is 11.5. The Morgan fingerprint density at radius 1 is 1.13 bits per heavy atom. The quantitative estimate of drug-likeness (QED) is 0.507. The lowest BCUT2D eigenvalue weighted by Crippen LogP contribution is -2.17. The molecular formula is C21H22BrN3O4S. The van der Waals surface area contributed by atoms with Crippen LogP contribution in [0.3, 0.4) is 0 Å². The van der Waals surface area contributed by atoms with E-state index in [0.29, 0.717) is 39.5 Å². The number of hydrogen-bond donors (Lipinski definition) is 2. The third-order valence-corrected chi connectivity index (χ3v) is 6.54. The van der Waals surface area contributed by atoms with Gasteiger partial charge in [-0.2, -0.15) is 0 Å². The van der Waals surface area contributed by atoms with E-state index in [2.05, 4.69) is 26.0 Å². The predicted molar refractivity (Wildman–Crippen MR) is 121 cm³/mol. The van der Waals surface area contributed by atoms with Crippen LogP contribution in [0.15, 0.2) is 64.1 Å². The van der Waals surface area contributed by atoms with Crippen molar-refractivity contribution in [3.63, 3.8) is 0 Å². The van der Waals surface area contributed by atoms with Gasteiger partial charge in [-0.3, -0.25) is 9.52 Å². The second kappa shape index (κ2) is 8.93. The van der Waals surface area contributed by atoms with Crippen LogP contribution >= 0.6 is 15.9 Å². The second-order valence-corrected chi connectivity index (χ2v) is 9.13. The Morgan fingerprint density at radius 2 is 1.87 bits per heavy atom. The molecule has 0 radical (unpaired) electrons. The van der Waals surface area contributed by atoms with Crippen LogP contribution in [0.1, 0.15) is 23.0 Å². The predicted octanol–water partition coefficient (Wildman–Crippen LogP) is 4.55. The molecule has 0 saturated carbocycles. The van der Waals surface area contributed by atoms with E-state index in [1.165, 1.54) is 6.07 Å². The van der Waals surface area contributed by atoms with Crippen molar-refractivity contribution in [2.24, 2.45) is 7.05 Å². The van der Waals surface area contributed by atoms with Gasteiger partial charge in [0, 0.05) is 18.9 Å². The summed E-state index contributed by atoms with van der Waals surface area (Å²) >= 11 is 3.38. The molecule has 0 bridgehead atoms. The zero-order valence-electron chi connectivity index (χ0n) is 16.8. The summed E-state index contributed by atoms with van der Waals surface area (Å²) in [4.78, 5) is 12.5. The van der Waals surface area contributed by atoms with Crippen LogP contribution in [0.25, 0.3) is 0 Å². The number of hydrogen-bond acceptors (Lipinski definition) is 4. The number of ether oxygens (including phenoxy) is 1. The van der Waals surface area contributed by atoms with E-state index >= 15 is 0 Å². The van der Waals surface area contributed by atoms with E-state index in [1.807, 2.05) is 6.92 Å². The molecule has 30 heavy (non-hydrogen) atoms. The summed E-state index contributed by atoms with van der Waals surface area (Å²) < 4.78 is 36.3. The maximum Gasteiger partial charge on any atom is 0.272 e. The first kappa shape index (κ1) is 21.9. The van der Waals surface area contributed by atoms with Crippen molar-refractivity contribution in [1.82, 2.24) is 4.57 Å². The van der Waals surface area contributed by atoms with Crippen molar-refractivity contribution < 1.29 is 17.9 Å². The molecule has 1 amide bonds. The molecular weight excluding hydrogens is 470 g/mol. The largest absolute Gasteiger partial charge is 0.493 e. The van der Waals surface area contributed by atoms with Crippen LogP contribution in [0.5, 0.6) is 5.75 Å². The Morgan fingerprint density at radius 3 is 2.50 bits per heavy atom. The number of amides is 1. The molecule has 0 fully saturated rings. The minimum atomic E-state index is -3.87. The summed E-state index contributed by atoms with van der Waals surface area (Å²) in [6, 6.07) is 13.2. The fourth-order valence-electron chi connectivity index (χ4n) is 2.91. The van der Waals surface area contributed by atoms with Crippen LogP contribution < -0.4 is 14.8 Å². The summed E-state index contributed by atoms with van der Waals surface area (Å²) in [5.74, 6) is 0.306. The number of aryl methyl sites for hydroxylation is 2. The number of carbonyl (C=O) groups excluding carboxylic acids is 1. The van der Waals surface area contributed by atoms with Gasteiger partial charge in [-0.1, -0.05) is 6.07 Å². The average molecular weight is 492 g/mol. The van der Waals surface area contributed by atoms with Gasteiger partial charge >= 0.3 is 0 Å². The van der Waals surface area contributed by atoms with Crippen molar-refractivity contribution in [3.8, 4) is 5.75 Å². The first-order valence-electron chi connectivity index (χ1n) is 9.20. The Bertz CT molecular complexity index is 1190. The van der Waals surface area contributed by atoms with E-state index in [0.717, 1.165) is 0 Å². The number of nitrogens with one attached hydrogen (secondary N) is 2. The van der Waals surface area contributed by atoms with Gasteiger partial charge in [0.05, 0.1) is 21.7 Å². The molecule has 2 N–H and O–H groups in total. The normalized spacial score (nSPS) is 11.2. The van der Waals surface area contributed by atoms with Crippen LogP contribution in [-0.4, -0.2) is 25.5 Å². The Balaban J connectivity index is 1.85. The highest BCUT2D eigenvalue weighted by Crippen LogP contribution is 2.30. The number of aromatic nitrogens is 1. The van der Waals surface area contributed by atoms with E-state index < -0.39 is 10.0 Å². The Hall–Kier alpha value is -2.78. The molecule has 3 rings (SSSR count). The number of sulfonamides is 1. The van der Waals surface area contributed by atoms with Gasteiger partial charge in [0.2, 0.25) is 0 Å². The molecule has 1 heterocycles. The van der Waals surface area contributed by atoms with Gasteiger partial charge in [-0.15, -0.1) is 0 Å². The smallest absolute Gasteiger partial charge is 0.272 e. The topological polar surface area (TPSA) is 89.4 Å². The van der Waals surface area contributed by atoms with E-state index in [1.54, 1.807) is 67.2 Å². The zero-order chi connectivity index (χ0) is 21.9. The lowest BCUT2D eigenvalue weighted by atomic mass is 10.2. The molecule has 0 saturated heterocycles. The maximum atomic E-state index is 13.0. The molecule has 1 aromatic heterocycles. The summed E-state index contributed by atoms with van der Waals surface area (Å²) in [7, 11) is -2.11. The van der Waals surface area contributed by atoms with Gasteiger partial charge in [-0.25, -0.2) is 8.42 Å². The standard InChI is InChI=1S/C21H22BrN3O4S/c1-4-29-19-10-9-16(12-17(19)22)24-30(27,28)20-13-15(8-7-14(20)2)23-21(26)18-6-5-11-25(18)3/h5-13,24H,4H2,1-3H3,(H,23,26). The molecule has 0 aliphatic rings. The lowest BCUT2D eigenvalue weighted by Gasteiger charge is -2.14. The molecule has 3 aromatic rings. The molecule has 9 heteroatoms. The van der Waals surface area contributed by atoms with Gasteiger partial charge < -0.3 is 14.6 Å². The van der Waals surface area contributed by atoms with Gasteiger partial charge in [0.25, 0.3) is 15.9 Å². The minimum absolute atomic E-state index is 0.0807. The van der Waals surface area contributed by atoms with E-state index in [4.69, 9.17) is 4.74 Å². The minimum Gasteiger partial charge on any atom is -0.493 e.